The third-order valence-corrected chi connectivity index (χ3v) is 9.72. The summed E-state index contributed by atoms with van der Waals surface area (Å²) in [5.41, 5.74) is 7.27. The molecule has 6 rings (SSSR count). The van der Waals surface area contributed by atoms with Gasteiger partial charge in [-0.25, -0.2) is 4.79 Å². The first-order valence-electron chi connectivity index (χ1n) is 17.2. The van der Waals surface area contributed by atoms with Crippen LogP contribution >= 0.6 is 0 Å². The van der Waals surface area contributed by atoms with Crippen molar-refractivity contribution >= 4 is 16.8 Å². The number of carbonyl (C=O) groups excluding carboxylic acids is 1. The van der Waals surface area contributed by atoms with E-state index < -0.39 is 6.29 Å². The number of benzene rings is 5. The van der Waals surface area contributed by atoms with Crippen molar-refractivity contribution < 1.29 is 19.4 Å². The molecule has 5 aromatic carbocycles. The normalized spacial score (nSPS) is 19.9. The standard InChI is InChI=1S/C42H47N3O4/c1-5-43-42(47)44-25-31-10-8-13-35(22-31)37-14-9-15-38(24-37)41-48-39(28(2)40(49-41)33-18-16-30(27-46)17-19-33)26-45(4)29(3)34-21-20-32-11-6-7-12-36(32)23-34/h6-24,28-29,39-41,46H,5,25-27H2,1-4H3,(H2,43,44,47). The van der Waals surface area contributed by atoms with E-state index in [1.54, 1.807) is 0 Å². The lowest BCUT2D eigenvalue weighted by Gasteiger charge is -2.43. The third kappa shape index (κ3) is 8.20. The number of amides is 2. The van der Waals surface area contributed by atoms with Gasteiger partial charge in [0, 0.05) is 37.2 Å². The zero-order valence-corrected chi connectivity index (χ0v) is 28.8. The number of likely N-dealkylation sites (N-methyl/N-ethyl adjacent to an activating group) is 1. The molecule has 7 nitrogen and oxygen atoms in total. The van der Waals surface area contributed by atoms with E-state index in [1.165, 1.54) is 16.3 Å². The molecule has 254 valence electrons. The molecule has 0 aliphatic carbocycles. The molecule has 1 saturated heterocycles. The van der Waals surface area contributed by atoms with Crippen LogP contribution in [0.15, 0.2) is 115 Å². The van der Waals surface area contributed by atoms with Crippen LogP contribution in [0.4, 0.5) is 4.79 Å². The molecule has 1 heterocycles. The maximum Gasteiger partial charge on any atom is 0.315 e. The number of hydrogen-bond acceptors (Lipinski definition) is 5. The van der Waals surface area contributed by atoms with Crippen LogP contribution in [0.3, 0.4) is 0 Å². The summed E-state index contributed by atoms with van der Waals surface area (Å²) in [6.45, 7) is 8.10. The average Bonchev–Trinajstić information content (AvgIpc) is 3.14. The minimum absolute atomic E-state index is 0.00314. The number of fused-ring (bicyclic) bond motifs is 1. The zero-order chi connectivity index (χ0) is 34.3. The second-order valence-corrected chi connectivity index (χ2v) is 13.1. The lowest BCUT2D eigenvalue weighted by molar-refractivity contribution is -0.276. The molecule has 0 aromatic heterocycles. The number of aliphatic hydroxyl groups excluding tert-OH is 1. The van der Waals surface area contributed by atoms with Crippen LogP contribution in [0.5, 0.6) is 0 Å². The first-order chi connectivity index (χ1) is 23.8. The highest BCUT2D eigenvalue weighted by molar-refractivity contribution is 5.83. The lowest BCUT2D eigenvalue weighted by atomic mass is 9.89. The van der Waals surface area contributed by atoms with Crippen molar-refractivity contribution in [3.63, 3.8) is 0 Å². The molecule has 0 radical (unpaired) electrons. The van der Waals surface area contributed by atoms with Gasteiger partial charge in [0.25, 0.3) is 0 Å². The Labute approximate surface area is 289 Å². The highest BCUT2D eigenvalue weighted by Crippen LogP contribution is 2.43. The van der Waals surface area contributed by atoms with Gasteiger partial charge in [-0.3, -0.25) is 4.90 Å². The molecular weight excluding hydrogens is 610 g/mol. The first kappa shape index (κ1) is 34.3. The van der Waals surface area contributed by atoms with Gasteiger partial charge in [-0.15, -0.1) is 0 Å². The first-order valence-corrected chi connectivity index (χ1v) is 17.2. The predicted octanol–water partition coefficient (Wildman–Crippen LogP) is 8.30. The number of carbonyl (C=O) groups is 1. The van der Waals surface area contributed by atoms with Crippen molar-refractivity contribution in [2.45, 2.75) is 58.5 Å². The molecule has 5 atom stereocenters. The fraction of sp³-hybridized carbons (Fsp3) is 0.310. The molecule has 2 amide bonds. The van der Waals surface area contributed by atoms with Crippen molar-refractivity contribution in [1.29, 1.82) is 0 Å². The number of hydrogen-bond donors (Lipinski definition) is 3. The summed E-state index contributed by atoms with van der Waals surface area (Å²) in [7, 11) is 2.17. The van der Waals surface area contributed by atoms with Gasteiger partial charge in [-0.05, 0) is 83.2 Å². The van der Waals surface area contributed by atoms with E-state index in [9.17, 15) is 9.90 Å². The van der Waals surface area contributed by atoms with Gasteiger partial charge in [0.05, 0.1) is 18.8 Å². The molecule has 1 fully saturated rings. The van der Waals surface area contributed by atoms with E-state index >= 15 is 0 Å². The largest absolute Gasteiger partial charge is 0.392 e. The number of aliphatic hydroxyl groups is 1. The number of urea groups is 1. The number of ether oxygens (including phenoxy) is 2. The monoisotopic (exact) mass is 657 g/mol. The molecule has 0 saturated carbocycles. The Morgan fingerprint density at radius 3 is 2.29 bits per heavy atom. The quantitative estimate of drug-likeness (QED) is 0.133. The zero-order valence-electron chi connectivity index (χ0n) is 28.8. The summed E-state index contributed by atoms with van der Waals surface area (Å²) in [5.74, 6) is 0.0692. The van der Waals surface area contributed by atoms with Crippen molar-refractivity contribution in [2.24, 2.45) is 5.92 Å². The van der Waals surface area contributed by atoms with Crippen LogP contribution in [0.25, 0.3) is 21.9 Å². The Hall–Kier alpha value is -4.53. The van der Waals surface area contributed by atoms with Crippen LogP contribution in [0.1, 0.15) is 67.0 Å². The lowest BCUT2D eigenvalue weighted by Crippen LogP contribution is -2.44. The molecule has 1 aliphatic rings. The van der Waals surface area contributed by atoms with Gasteiger partial charge in [0.1, 0.15) is 0 Å². The van der Waals surface area contributed by atoms with E-state index in [2.05, 4.69) is 121 Å². The van der Waals surface area contributed by atoms with E-state index in [4.69, 9.17) is 9.47 Å². The van der Waals surface area contributed by atoms with Crippen molar-refractivity contribution in [3.8, 4) is 11.1 Å². The molecule has 49 heavy (non-hydrogen) atoms. The van der Waals surface area contributed by atoms with Gasteiger partial charge < -0.3 is 25.2 Å². The fourth-order valence-corrected chi connectivity index (χ4v) is 6.62. The second-order valence-electron chi connectivity index (χ2n) is 13.1. The van der Waals surface area contributed by atoms with Gasteiger partial charge in [-0.2, -0.15) is 0 Å². The van der Waals surface area contributed by atoms with Crippen LogP contribution in [-0.2, 0) is 22.6 Å². The van der Waals surface area contributed by atoms with Crippen LogP contribution in [0.2, 0.25) is 0 Å². The number of rotatable bonds is 11. The molecular formula is C42H47N3O4. The Balaban J connectivity index is 1.25. The highest BCUT2D eigenvalue weighted by Gasteiger charge is 2.39. The summed E-state index contributed by atoms with van der Waals surface area (Å²) in [4.78, 5) is 14.3. The second kappa shape index (κ2) is 15.8. The predicted molar refractivity (Wildman–Crippen MR) is 196 cm³/mol. The summed E-state index contributed by atoms with van der Waals surface area (Å²) in [6, 6.07) is 39.8. The Bertz CT molecular complexity index is 1860. The van der Waals surface area contributed by atoms with Crippen LogP contribution in [-0.4, -0.2) is 42.3 Å². The molecule has 7 heteroatoms. The minimum atomic E-state index is -0.573. The molecule has 3 N–H and O–H groups in total. The minimum Gasteiger partial charge on any atom is -0.392 e. The van der Waals surface area contributed by atoms with Gasteiger partial charge in [0.15, 0.2) is 6.29 Å². The van der Waals surface area contributed by atoms with Crippen molar-refractivity contribution in [1.82, 2.24) is 15.5 Å². The smallest absolute Gasteiger partial charge is 0.315 e. The fourth-order valence-electron chi connectivity index (χ4n) is 6.62. The maximum atomic E-state index is 12.0. The average molecular weight is 658 g/mol. The highest BCUT2D eigenvalue weighted by atomic mass is 16.7. The van der Waals surface area contributed by atoms with E-state index in [0.29, 0.717) is 13.1 Å². The topological polar surface area (TPSA) is 83.1 Å². The Kier molecular flexibility index (Phi) is 11.1. The summed E-state index contributed by atoms with van der Waals surface area (Å²) < 4.78 is 13.6. The van der Waals surface area contributed by atoms with E-state index in [-0.39, 0.29) is 36.8 Å². The van der Waals surface area contributed by atoms with E-state index in [0.717, 1.165) is 39.9 Å². The SMILES string of the molecule is CCNC(=O)NCc1cccc(-c2cccc(C3OC(CN(C)C(C)c4ccc5ccccc5c4)C(C)C(c4ccc(CO)cc4)O3)c2)c1. The molecule has 5 unspecified atom stereocenters. The van der Waals surface area contributed by atoms with Crippen molar-refractivity contribution in [3.05, 3.63) is 143 Å². The van der Waals surface area contributed by atoms with Gasteiger partial charge >= 0.3 is 6.03 Å². The summed E-state index contributed by atoms with van der Waals surface area (Å²) in [5, 5.41) is 17.8. The summed E-state index contributed by atoms with van der Waals surface area (Å²) >= 11 is 0. The number of nitrogens with one attached hydrogen (secondary N) is 2. The molecule has 1 aliphatic heterocycles. The van der Waals surface area contributed by atoms with Gasteiger partial charge in [-0.1, -0.05) is 104 Å². The van der Waals surface area contributed by atoms with Gasteiger partial charge in [0.2, 0.25) is 0 Å². The Morgan fingerprint density at radius 2 is 1.53 bits per heavy atom. The van der Waals surface area contributed by atoms with Crippen molar-refractivity contribution in [2.75, 3.05) is 20.1 Å². The van der Waals surface area contributed by atoms with Crippen LogP contribution < -0.4 is 10.6 Å². The molecule has 5 aromatic rings. The van der Waals surface area contributed by atoms with E-state index in [1.807, 2.05) is 37.3 Å². The third-order valence-electron chi connectivity index (χ3n) is 9.72. The number of nitrogens with zero attached hydrogens (tertiary/aromatic N) is 1. The maximum absolute atomic E-state index is 12.0. The Morgan fingerprint density at radius 1 is 0.796 bits per heavy atom. The van der Waals surface area contributed by atoms with Crippen LogP contribution in [0, 0.1) is 5.92 Å². The molecule has 0 spiro atoms. The molecule has 0 bridgehead atoms. The summed E-state index contributed by atoms with van der Waals surface area (Å²) in [6.07, 6.45) is -0.884.